The van der Waals surface area contributed by atoms with Crippen molar-refractivity contribution < 1.29 is 28.7 Å². The van der Waals surface area contributed by atoms with Crippen LogP contribution in [0.25, 0.3) is 0 Å². The van der Waals surface area contributed by atoms with E-state index in [0.29, 0.717) is 23.7 Å². The van der Waals surface area contributed by atoms with Crippen LogP contribution >= 0.6 is 0 Å². The Bertz CT molecular complexity index is 722. The average molecular weight is 507 g/mol. The number of rotatable bonds is 10. The molecule has 0 spiro atoms. The molecule has 0 amide bonds. The minimum atomic E-state index is -1.18. The lowest BCUT2D eigenvalue weighted by atomic mass is 9.74. The molecule has 2 aliphatic carbocycles. The summed E-state index contributed by atoms with van der Waals surface area (Å²) in [7, 11) is 0. The quantitative estimate of drug-likeness (QED) is 0.265. The molecule has 0 bridgehead atoms. The fraction of sp³-hybridized carbons (Fsp3) is 0.867. The van der Waals surface area contributed by atoms with E-state index in [0.717, 1.165) is 38.5 Å². The van der Waals surface area contributed by atoms with Crippen molar-refractivity contribution in [1.82, 2.24) is 0 Å². The highest BCUT2D eigenvalue weighted by Gasteiger charge is 2.45. The fourth-order valence-electron chi connectivity index (χ4n) is 6.64. The summed E-state index contributed by atoms with van der Waals surface area (Å²) in [6, 6.07) is 0. The largest absolute Gasteiger partial charge is 0.462 e. The van der Waals surface area contributed by atoms with Gasteiger partial charge >= 0.3 is 11.9 Å². The van der Waals surface area contributed by atoms with E-state index in [-0.39, 0.29) is 35.6 Å². The van der Waals surface area contributed by atoms with Gasteiger partial charge in [0.1, 0.15) is 35.6 Å². The first kappa shape index (κ1) is 30.5. The Morgan fingerprint density at radius 3 is 1.22 bits per heavy atom. The van der Waals surface area contributed by atoms with Gasteiger partial charge in [0.15, 0.2) is 0 Å². The van der Waals surface area contributed by atoms with Crippen molar-refractivity contribution in [2.24, 2.45) is 53.3 Å². The van der Waals surface area contributed by atoms with Crippen LogP contribution in [0, 0.1) is 53.3 Å². The molecule has 0 N–H and O–H groups in total. The van der Waals surface area contributed by atoms with Gasteiger partial charge in [0.05, 0.1) is 0 Å². The molecule has 206 valence electrons. The standard InChI is InChI=1S/C30H50O6/c1-16(2)23-12-10-18(5)14-25(23)35-29(33)27(21(8)31)20(7)28(22(9)32)30(34)36-26-15-19(6)11-13-24(26)17(3)4/h16-20,23-28H,10-15H2,1-9H3/t18-,19-,23-,24-,25-,26-,27+,28+/m1/s1. The summed E-state index contributed by atoms with van der Waals surface area (Å²) >= 11 is 0. The van der Waals surface area contributed by atoms with Crippen molar-refractivity contribution in [3.63, 3.8) is 0 Å². The number of hydrogen-bond donors (Lipinski definition) is 0. The third-order valence-electron chi connectivity index (χ3n) is 8.89. The van der Waals surface area contributed by atoms with Crippen molar-refractivity contribution in [3.8, 4) is 0 Å². The molecule has 2 rings (SSSR count). The van der Waals surface area contributed by atoms with Gasteiger partial charge < -0.3 is 9.47 Å². The zero-order chi connectivity index (χ0) is 27.3. The van der Waals surface area contributed by atoms with Gasteiger partial charge in [-0.2, -0.15) is 0 Å². The van der Waals surface area contributed by atoms with E-state index in [1.807, 2.05) is 0 Å². The van der Waals surface area contributed by atoms with Crippen LogP contribution in [0.2, 0.25) is 0 Å². The van der Waals surface area contributed by atoms with Crippen molar-refractivity contribution in [1.29, 1.82) is 0 Å². The maximum absolute atomic E-state index is 13.4. The lowest BCUT2D eigenvalue weighted by molar-refractivity contribution is -0.170. The Kier molecular flexibility index (Phi) is 11.2. The van der Waals surface area contributed by atoms with Crippen LogP contribution in [-0.4, -0.2) is 35.7 Å². The summed E-state index contributed by atoms with van der Waals surface area (Å²) in [4.78, 5) is 52.2. The molecule has 36 heavy (non-hydrogen) atoms. The third kappa shape index (κ3) is 7.64. The number of carbonyl (C=O) groups excluding carboxylic acids is 4. The Hall–Kier alpha value is -1.72. The second-order valence-corrected chi connectivity index (χ2v) is 12.6. The first-order valence-electron chi connectivity index (χ1n) is 14.2. The highest BCUT2D eigenvalue weighted by molar-refractivity contribution is 6.02. The molecule has 6 heteroatoms. The number of hydrogen-bond acceptors (Lipinski definition) is 6. The molecule has 0 aromatic carbocycles. The SMILES string of the molecule is CC(=O)[C@@H](C(=O)O[C@@H]1C[C@H](C)CC[C@@H]1C(C)C)C(C)[C@@H](C(C)=O)C(=O)O[C@@H]1C[C@H](C)CC[C@@H]1C(C)C. The first-order chi connectivity index (χ1) is 16.7. The zero-order valence-electron chi connectivity index (χ0n) is 24.0. The second-order valence-electron chi connectivity index (χ2n) is 12.6. The van der Waals surface area contributed by atoms with Crippen molar-refractivity contribution in [3.05, 3.63) is 0 Å². The monoisotopic (exact) mass is 506 g/mol. The molecule has 6 nitrogen and oxygen atoms in total. The molecular formula is C30H50O6. The first-order valence-corrected chi connectivity index (χ1v) is 14.2. The molecule has 0 heterocycles. The van der Waals surface area contributed by atoms with E-state index in [2.05, 4.69) is 41.5 Å². The molecule has 0 aromatic rings. The van der Waals surface area contributed by atoms with Crippen molar-refractivity contribution >= 4 is 23.5 Å². The summed E-state index contributed by atoms with van der Waals surface area (Å²) in [5, 5.41) is 0. The van der Waals surface area contributed by atoms with Gasteiger partial charge in [0.2, 0.25) is 0 Å². The van der Waals surface area contributed by atoms with Crippen LogP contribution in [0.4, 0.5) is 0 Å². The van der Waals surface area contributed by atoms with E-state index in [1.54, 1.807) is 6.92 Å². The summed E-state index contributed by atoms with van der Waals surface area (Å²) in [5.74, 6) is -3.13. The molecule has 2 saturated carbocycles. The molecule has 0 radical (unpaired) electrons. The van der Waals surface area contributed by atoms with E-state index >= 15 is 0 Å². The van der Waals surface area contributed by atoms with Gasteiger partial charge in [-0.25, -0.2) is 0 Å². The highest BCUT2D eigenvalue weighted by Crippen LogP contribution is 2.38. The number of ether oxygens (including phenoxy) is 2. The maximum atomic E-state index is 13.4. The van der Waals surface area contributed by atoms with Crippen LogP contribution in [-0.2, 0) is 28.7 Å². The van der Waals surface area contributed by atoms with Crippen molar-refractivity contribution in [2.75, 3.05) is 0 Å². The summed E-state index contributed by atoms with van der Waals surface area (Å²) in [6.07, 6.45) is 5.18. The summed E-state index contributed by atoms with van der Waals surface area (Å²) in [5.41, 5.74) is 0. The number of carbonyl (C=O) groups is 4. The minimum Gasteiger partial charge on any atom is -0.462 e. The molecule has 8 atom stereocenters. The molecule has 2 fully saturated rings. The van der Waals surface area contributed by atoms with Gasteiger partial charge in [-0.15, -0.1) is 0 Å². The van der Waals surface area contributed by atoms with Gasteiger partial charge in [-0.1, -0.05) is 61.3 Å². The minimum absolute atomic E-state index is 0.239. The van der Waals surface area contributed by atoms with Crippen LogP contribution in [0.1, 0.15) is 101 Å². The summed E-state index contributed by atoms with van der Waals surface area (Å²) < 4.78 is 12.0. The van der Waals surface area contributed by atoms with Gasteiger partial charge in [-0.3, -0.25) is 19.2 Å². The molecule has 0 aliphatic heterocycles. The number of esters is 2. The number of ketones is 2. The van der Waals surface area contributed by atoms with Gasteiger partial charge in [0, 0.05) is 0 Å². The predicted octanol–water partition coefficient (Wildman–Crippen LogP) is 6.04. The summed E-state index contributed by atoms with van der Waals surface area (Å²) in [6.45, 7) is 17.1. The zero-order valence-corrected chi connectivity index (χ0v) is 24.0. The molecule has 0 saturated heterocycles. The Labute approximate surface area is 218 Å². The third-order valence-corrected chi connectivity index (χ3v) is 8.89. The number of Topliss-reactive ketones (excluding diaryl/α,β-unsaturated/α-hetero) is 2. The fourth-order valence-corrected chi connectivity index (χ4v) is 6.64. The normalized spacial score (nSPS) is 30.7. The smallest absolute Gasteiger partial charge is 0.317 e. The van der Waals surface area contributed by atoms with Gasteiger partial charge in [-0.05, 0) is 81.0 Å². The van der Waals surface area contributed by atoms with Crippen LogP contribution in [0.15, 0.2) is 0 Å². The molecule has 0 unspecified atom stereocenters. The molecule has 2 aliphatic rings. The van der Waals surface area contributed by atoms with Gasteiger partial charge in [0.25, 0.3) is 0 Å². The van der Waals surface area contributed by atoms with Crippen LogP contribution in [0.3, 0.4) is 0 Å². The average Bonchev–Trinajstić information content (AvgIpc) is 2.72. The topological polar surface area (TPSA) is 86.7 Å². The van der Waals surface area contributed by atoms with E-state index in [1.165, 1.54) is 13.8 Å². The van der Waals surface area contributed by atoms with E-state index in [9.17, 15) is 19.2 Å². The second kappa shape index (κ2) is 13.2. The lowest BCUT2D eigenvalue weighted by Crippen LogP contribution is -2.45. The van der Waals surface area contributed by atoms with Crippen molar-refractivity contribution in [2.45, 2.75) is 113 Å². The highest BCUT2D eigenvalue weighted by atomic mass is 16.6. The van der Waals surface area contributed by atoms with E-state index < -0.39 is 29.7 Å². The lowest BCUT2D eigenvalue weighted by Gasteiger charge is -2.38. The van der Waals surface area contributed by atoms with Crippen LogP contribution < -0.4 is 0 Å². The van der Waals surface area contributed by atoms with Crippen LogP contribution in [0.5, 0.6) is 0 Å². The Morgan fingerprint density at radius 2 is 0.944 bits per heavy atom. The molecular weight excluding hydrogens is 456 g/mol. The maximum Gasteiger partial charge on any atom is 0.317 e. The molecule has 0 aromatic heterocycles. The Balaban J connectivity index is 2.22. The predicted molar refractivity (Wildman–Crippen MR) is 140 cm³/mol. The Morgan fingerprint density at radius 1 is 0.611 bits per heavy atom. The van der Waals surface area contributed by atoms with E-state index in [4.69, 9.17) is 9.47 Å².